The van der Waals surface area contributed by atoms with Gasteiger partial charge in [-0.2, -0.15) is 11.8 Å². The van der Waals surface area contributed by atoms with Crippen molar-refractivity contribution in [3.8, 4) is 0 Å². The number of aryl methyl sites for hydroxylation is 1. The van der Waals surface area contributed by atoms with Crippen LogP contribution in [0.5, 0.6) is 0 Å². The predicted molar refractivity (Wildman–Crippen MR) is 111 cm³/mol. The molecule has 0 aliphatic heterocycles. The van der Waals surface area contributed by atoms with Crippen LogP contribution in [0.1, 0.15) is 61.6 Å². The first-order chi connectivity index (χ1) is 12.8. The number of rotatable bonds is 8. The Morgan fingerprint density at radius 3 is 2.89 bits per heavy atom. The molecule has 0 amide bonds. The summed E-state index contributed by atoms with van der Waals surface area (Å²) in [6.45, 7) is 2.15. The molecule has 1 saturated carbocycles. The average Bonchev–Trinajstić information content (AvgIpc) is 3.02. The van der Waals surface area contributed by atoms with Crippen molar-refractivity contribution in [2.45, 2.75) is 63.3 Å². The lowest BCUT2D eigenvalue weighted by Crippen LogP contribution is -2.41. The van der Waals surface area contributed by atoms with Crippen LogP contribution < -0.4 is 5.73 Å². The molecule has 152 valence electrons. The third kappa shape index (κ3) is 6.06. The number of benzene rings is 1. The van der Waals surface area contributed by atoms with Gasteiger partial charge in [0, 0.05) is 5.54 Å². The Balaban J connectivity index is 1.59. The van der Waals surface area contributed by atoms with Crippen LogP contribution in [0.2, 0.25) is 0 Å². The molecule has 5 nitrogen and oxygen atoms in total. The minimum absolute atomic E-state index is 0.0875. The molecule has 3 rings (SSSR count). The van der Waals surface area contributed by atoms with Gasteiger partial charge in [0.1, 0.15) is 0 Å². The summed E-state index contributed by atoms with van der Waals surface area (Å²) in [6, 6.07) is 6.88. The highest BCUT2D eigenvalue weighted by Crippen LogP contribution is 2.44. The first-order valence-corrected chi connectivity index (χ1v) is 12.6. The molecule has 2 aliphatic rings. The van der Waals surface area contributed by atoms with Crippen LogP contribution in [-0.4, -0.2) is 33.4 Å². The Morgan fingerprint density at radius 1 is 1.33 bits per heavy atom. The Bertz CT molecular complexity index is 695. The van der Waals surface area contributed by atoms with Gasteiger partial charge in [-0.3, -0.25) is 4.52 Å². The van der Waals surface area contributed by atoms with Crippen molar-refractivity contribution in [2.24, 2.45) is 11.7 Å². The van der Waals surface area contributed by atoms with Crippen molar-refractivity contribution in [1.29, 1.82) is 0 Å². The molecule has 0 saturated heterocycles. The second kappa shape index (κ2) is 8.98. The molecule has 0 bridgehead atoms. The zero-order chi connectivity index (χ0) is 19.5. The van der Waals surface area contributed by atoms with Crippen molar-refractivity contribution in [3.63, 3.8) is 0 Å². The summed E-state index contributed by atoms with van der Waals surface area (Å²) in [5.41, 5.74) is 9.98. The van der Waals surface area contributed by atoms with Gasteiger partial charge in [-0.25, -0.2) is 4.57 Å². The Morgan fingerprint density at radius 2 is 2.15 bits per heavy atom. The van der Waals surface area contributed by atoms with Crippen LogP contribution in [0.25, 0.3) is 0 Å². The summed E-state index contributed by atoms with van der Waals surface area (Å²) >= 11 is 2.08. The van der Waals surface area contributed by atoms with E-state index in [1.54, 1.807) is 0 Å². The van der Waals surface area contributed by atoms with Crippen LogP contribution >= 0.6 is 19.6 Å². The Kier molecular flexibility index (Phi) is 7.10. The van der Waals surface area contributed by atoms with Crippen molar-refractivity contribution in [3.05, 3.63) is 34.9 Å². The van der Waals surface area contributed by atoms with Crippen molar-refractivity contribution >= 4 is 19.6 Å². The number of nitrogens with two attached hydrogens (primary N) is 1. The van der Waals surface area contributed by atoms with Crippen LogP contribution in [0, 0.1) is 5.92 Å². The number of phosphoric acid groups is 1. The lowest BCUT2D eigenvalue weighted by molar-refractivity contribution is 0.153. The number of fused-ring (bicyclic) bond motifs is 1. The zero-order valence-electron chi connectivity index (χ0n) is 16.1. The van der Waals surface area contributed by atoms with E-state index >= 15 is 0 Å². The topological polar surface area (TPSA) is 92.8 Å². The van der Waals surface area contributed by atoms with Gasteiger partial charge in [0.25, 0.3) is 0 Å². The molecule has 1 aromatic rings. The van der Waals surface area contributed by atoms with E-state index in [0.29, 0.717) is 12.3 Å². The molecule has 4 N–H and O–H groups in total. The number of hydrogen-bond donors (Lipinski definition) is 3. The molecular formula is C20H32NO4PS. The van der Waals surface area contributed by atoms with Crippen LogP contribution in [0.3, 0.4) is 0 Å². The van der Waals surface area contributed by atoms with E-state index in [-0.39, 0.29) is 6.61 Å². The minimum Gasteiger partial charge on any atom is -0.323 e. The monoisotopic (exact) mass is 413 g/mol. The van der Waals surface area contributed by atoms with E-state index in [2.05, 4.69) is 41.4 Å². The minimum atomic E-state index is -4.47. The third-order valence-corrected chi connectivity index (χ3v) is 7.77. The highest BCUT2D eigenvalue weighted by atomic mass is 32.2. The second-order valence-electron chi connectivity index (χ2n) is 8.28. The molecular weight excluding hydrogens is 381 g/mol. The first-order valence-electron chi connectivity index (χ1n) is 9.96. The van der Waals surface area contributed by atoms with E-state index in [0.717, 1.165) is 25.2 Å². The molecule has 0 aromatic heterocycles. The normalized spacial score (nSPS) is 28.3. The largest absolute Gasteiger partial charge is 0.469 e. The highest BCUT2D eigenvalue weighted by Gasteiger charge is 2.38. The maximum Gasteiger partial charge on any atom is 0.469 e. The fourth-order valence-corrected chi connectivity index (χ4v) is 5.92. The van der Waals surface area contributed by atoms with E-state index in [1.807, 2.05) is 0 Å². The molecule has 0 spiro atoms. The predicted octanol–water partition coefficient (Wildman–Crippen LogP) is 4.01. The Labute approximate surface area is 166 Å². The Hall–Kier alpha value is -0.360. The first kappa shape index (κ1) is 21.4. The molecule has 0 unspecified atom stereocenters. The summed E-state index contributed by atoms with van der Waals surface area (Å²) in [7, 11) is -4.47. The quantitative estimate of drug-likeness (QED) is 0.440. The van der Waals surface area contributed by atoms with E-state index < -0.39 is 13.4 Å². The van der Waals surface area contributed by atoms with E-state index in [9.17, 15) is 4.57 Å². The van der Waals surface area contributed by atoms with Gasteiger partial charge in [-0.15, -0.1) is 0 Å². The van der Waals surface area contributed by atoms with Crippen molar-refractivity contribution in [2.75, 3.05) is 18.1 Å². The standard InChI is InChI=1S/C20H32NO4PS/c1-2-9-27-13-15-3-4-17-11-18(6-5-16(17)10-15)19-7-8-20(21,12-19)14-25-26(22,23)24/h5-6,11,15,19H,2-4,7-10,12-14,21H2,1H3,(H2,22,23,24)/t15-,19-,20+/m0/s1. The van der Waals surface area contributed by atoms with E-state index in [1.165, 1.54) is 47.5 Å². The lowest BCUT2D eigenvalue weighted by atomic mass is 9.82. The second-order valence-corrected chi connectivity index (χ2v) is 10.7. The van der Waals surface area contributed by atoms with Gasteiger partial charge in [0.15, 0.2) is 0 Å². The maximum atomic E-state index is 11.0. The van der Waals surface area contributed by atoms with Gasteiger partial charge in [-0.1, -0.05) is 25.1 Å². The molecule has 1 aromatic carbocycles. The third-order valence-electron chi connectivity index (χ3n) is 5.90. The van der Waals surface area contributed by atoms with E-state index in [4.69, 9.17) is 15.5 Å². The number of phosphoric ester groups is 1. The van der Waals surface area contributed by atoms with Crippen molar-refractivity contribution < 1.29 is 18.9 Å². The number of thioether (sulfide) groups is 1. The highest BCUT2D eigenvalue weighted by molar-refractivity contribution is 7.99. The van der Waals surface area contributed by atoms with Gasteiger partial charge in [0.2, 0.25) is 0 Å². The molecule has 2 aliphatic carbocycles. The molecule has 1 fully saturated rings. The van der Waals surface area contributed by atoms with Crippen LogP contribution in [0.4, 0.5) is 0 Å². The molecule has 27 heavy (non-hydrogen) atoms. The molecule has 7 heteroatoms. The lowest BCUT2D eigenvalue weighted by Gasteiger charge is -2.26. The maximum absolute atomic E-state index is 11.0. The SMILES string of the molecule is CCCSC[C@H]1CCc2cc([C@H]3CC[C@](N)(COP(=O)(O)O)C3)ccc2C1. The van der Waals surface area contributed by atoms with Gasteiger partial charge < -0.3 is 15.5 Å². The van der Waals surface area contributed by atoms with Crippen LogP contribution in [-0.2, 0) is 21.9 Å². The summed E-state index contributed by atoms with van der Waals surface area (Å²) < 4.78 is 15.6. The summed E-state index contributed by atoms with van der Waals surface area (Å²) in [6.07, 6.45) is 7.25. The van der Waals surface area contributed by atoms with Gasteiger partial charge in [-0.05, 0) is 85.0 Å². The summed E-state index contributed by atoms with van der Waals surface area (Å²) in [5, 5.41) is 0. The summed E-state index contributed by atoms with van der Waals surface area (Å²) in [5.74, 6) is 3.68. The smallest absolute Gasteiger partial charge is 0.323 e. The summed E-state index contributed by atoms with van der Waals surface area (Å²) in [4.78, 5) is 17.9. The number of hydrogen-bond acceptors (Lipinski definition) is 4. The van der Waals surface area contributed by atoms with Gasteiger partial charge in [0.05, 0.1) is 6.61 Å². The molecule has 3 atom stereocenters. The van der Waals surface area contributed by atoms with Crippen LogP contribution in [0.15, 0.2) is 18.2 Å². The van der Waals surface area contributed by atoms with Gasteiger partial charge >= 0.3 is 7.82 Å². The fourth-order valence-electron chi connectivity index (χ4n) is 4.43. The van der Waals surface area contributed by atoms with Crippen molar-refractivity contribution in [1.82, 2.24) is 0 Å². The zero-order valence-corrected chi connectivity index (χ0v) is 17.8. The average molecular weight is 414 g/mol. The molecule has 0 radical (unpaired) electrons. The molecule has 0 heterocycles. The fraction of sp³-hybridized carbons (Fsp3) is 0.700.